The van der Waals surface area contributed by atoms with Gasteiger partial charge in [-0.2, -0.15) is 0 Å². The van der Waals surface area contributed by atoms with Gasteiger partial charge in [-0.05, 0) is 58.2 Å². The predicted molar refractivity (Wildman–Crippen MR) is 111 cm³/mol. The SMILES string of the molecule is CC(C)(C)OC(=O)N1CCCC1CC1Nc2cc(Br)ccc2N1CCCO. The summed E-state index contributed by atoms with van der Waals surface area (Å²) in [5, 5.41) is 12.9. The number of rotatable bonds is 5. The van der Waals surface area contributed by atoms with Crippen LogP contribution < -0.4 is 10.2 Å². The van der Waals surface area contributed by atoms with Crippen LogP contribution in [0, 0.1) is 0 Å². The molecule has 2 aliphatic rings. The van der Waals surface area contributed by atoms with Crippen molar-refractivity contribution in [3.8, 4) is 0 Å². The molecule has 0 aliphatic carbocycles. The summed E-state index contributed by atoms with van der Waals surface area (Å²) < 4.78 is 6.63. The third-order valence-corrected chi connectivity index (χ3v) is 5.52. The summed E-state index contributed by atoms with van der Waals surface area (Å²) in [6.07, 6.45) is 3.43. The second-order valence-electron chi connectivity index (χ2n) is 8.30. The van der Waals surface area contributed by atoms with Crippen LogP contribution in [0.5, 0.6) is 0 Å². The van der Waals surface area contributed by atoms with Crippen LogP contribution in [-0.4, -0.2) is 53.6 Å². The van der Waals surface area contributed by atoms with Crippen LogP contribution in [0.2, 0.25) is 0 Å². The average molecular weight is 440 g/mol. The van der Waals surface area contributed by atoms with Crippen LogP contribution >= 0.6 is 15.9 Å². The minimum Gasteiger partial charge on any atom is -0.444 e. The van der Waals surface area contributed by atoms with Gasteiger partial charge in [0.05, 0.1) is 11.4 Å². The minimum atomic E-state index is -0.481. The zero-order chi connectivity index (χ0) is 19.6. The molecule has 2 unspecified atom stereocenters. The highest BCUT2D eigenvalue weighted by Crippen LogP contribution is 2.39. The second kappa shape index (κ2) is 8.27. The van der Waals surface area contributed by atoms with Crippen LogP contribution in [0.4, 0.5) is 16.2 Å². The maximum absolute atomic E-state index is 12.6. The number of carbonyl (C=O) groups excluding carboxylic acids is 1. The molecule has 2 heterocycles. The molecule has 27 heavy (non-hydrogen) atoms. The maximum atomic E-state index is 12.6. The smallest absolute Gasteiger partial charge is 0.410 e. The molecule has 3 rings (SSSR count). The number of fused-ring (bicyclic) bond motifs is 1. The van der Waals surface area contributed by atoms with Crippen molar-refractivity contribution in [1.82, 2.24) is 4.90 Å². The van der Waals surface area contributed by atoms with E-state index >= 15 is 0 Å². The van der Waals surface area contributed by atoms with Crippen LogP contribution in [0.1, 0.15) is 46.5 Å². The zero-order valence-corrected chi connectivity index (χ0v) is 18.0. The number of anilines is 2. The first-order valence-electron chi connectivity index (χ1n) is 9.72. The lowest BCUT2D eigenvalue weighted by Gasteiger charge is -2.33. The van der Waals surface area contributed by atoms with E-state index in [2.05, 4.69) is 38.3 Å². The fraction of sp³-hybridized carbons (Fsp3) is 0.650. The van der Waals surface area contributed by atoms with E-state index in [1.165, 1.54) is 0 Å². The largest absolute Gasteiger partial charge is 0.444 e. The standard InChI is InChI=1S/C20H30BrN3O3/c1-20(2,3)27-19(26)23-9-4-6-15(23)13-18-22-16-12-14(21)7-8-17(16)24(18)10-5-11-25/h7-8,12,15,18,22,25H,4-6,9-11,13H2,1-3H3. The van der Waals surface area contributed by atoms with E-state index in [0.29, 0.717) is 6.42 Å². The van der Waals surface area contributed by atoms with E-state index in [1.54, 1.807) is 0 Å². The Labute approximate surface area is 170 Å². The molecule has 1 aromatic carbocycles. The molecule has 7 heteroatoms. The van der Waals surface area contributed by atoms with Crippen molar-refractivity contribution in [2.45, 2.75) is 64.3 Å². The predicted octanol–water partition coefficient (Wildman–Crippen LogP) is 4.18. The number of likely N-dealkylation sites (tertiary alicyclic amines) is 1. The number of ether oxygens (including phenoxy) is 1. The third-order valence-electron chi connectivity index (χ3n) is 5.02. The van der Waals surface area contributed by atoms with E-state index in [1.807, 2.05) is 31.7 Å². The molecule has 2 atom stereocenters. The monoisotopic (exact) mass is 439 g/mol. The Bertz CT molecular complexity index is 677. The van der Waals surface area contributed by atoms with Crippen molar-refractivity contribution in [3.05, 3.63) is 22.7 Å². The highest BCUT2D eigenvalue weighted by Gasteiger charge is 2.37. The van der Waals surface area contributed by atoms with Crippen molar-refractivity contribution in [2.24, 2.45) is 0 Å². The number of amides is 1. The first-order chi connectivity index (χ1) is 12.8. The number of halogens is 1. The third kappa shape index (κ3) is 4.88. The van der Waals surface area contributed by atoms with E-state index in [0.717, 1.165) is 48.2 Å². The summed E-state index contributed by atoms with van der Waals surface area (Å²) in [6, 6.07) is 6.38. The van der Waals surface area contributed by atoms with Crippen LogP contribution in [0.15, 0.2) is 22.7 Å². The lowest BCUT2D eigenvalue weighted by Crippen LogP contribution is -2.45. The molecular formula is C20H30BrN3O3. The highest BCUT2D eigenvalue weighted by molar-refractivity contribution is 9.10. The first-order valence-corrected chi connectivity index (χ1v) is 10.5. The molecule has 1 amide bonds. The van der Waals surface area contributed by atoms with Gasteiger partial charge in [-0.3, -0.25) is 0 Å². The Morgan fingerprint density at radius 2 is 2.19 bits per heavy atom. The molecule has 1 aromatic rings. The molecular weight excluding hydrogens is 410 g/mol. The van der Waals surface area contributed by atoms with Crippen molar-refractivity contribution < 1.29 is 14.6 Å². The molecule has 0 radical (unpaired) electrons. The van der Waals surface area contributed by atoms with Gasteiger partial charge in [-0.1, -0.05) is 15.9 Å². The summed E-state index contributed by atoms with van der Waals surface area (Å²) in [4.78, 5) is 16.8. The lowest BCUT2D eigenvalue weighted by atomic mass is 10.1. The summed E-state index contributed by atoms with van der Waals surface area (Å²) in [5.41, 5.74) is 1.76. The molecule has 0 spiro atoms. The molecule has 0 saturated carbocycles. The fourth-order valence-corrected chi connectivity index (χ4v) is 4.26. The molecule has 2 aliphatic heterocycles. The second-order valence-corrected chi connectivity index (χ2v) is 9.21. The topological polar surface area (TPSA) is 65.0 Å². The van der Waals surface area contributed by atoms with E-state index < -0.39 is 5.60 Å². The molecule has 0 bridgehead atoms. The quantitative estimate of drug-likeness (QED) is 0.720. The number of hydrogen-bond acceptors (Lipinski definition) is 5. The van der Waals surface area contributed by atoms with Crippen molar-refractivity contribution in [2.75, 3.05) is 29.9 Å². The van der Waals surface area contributed by atoms with Gasteiger partial charge in [0, 0.05) is 36.6 Å². The number of nitrogens with one attached hydrogen (secondary N) is 1. The zero-order valence-electron chi connectivity index (χ0n) is 16.4. The normalized spacial score (nSPS) is 22.0. The Morgan fingerprint density at radius 3 is 2.89 bits per heavy atom. The number of nitrogens with zero attached hydrogens (tertiary/aromatic N) is 2. The van der Waals surface area contributed by atoms with Crippen LogP contribution in [0.3, 0.4) is 0 Å². The Balaban J connectivity index is 1.72. The van der Waals surface area contributed by atoms with Gasteiger partial charge in [-0.15, -0.1) is 0 Å². The maximum Gasteiger partial charge on any atom is 0.410 e. The van der Waals surface area contributed by atoms with Crippen molar-refractivity contribution in [3.63, 3.8) is 0 Å². The lowest BCUT2D eigenvalue weighted by molar-refractivity contribution is 0.0217. The molecule has 6 nitrogen and oxygen atoms in total. The van der Waals surface area contributed by atoms with E-state index in [-0.39, 0.29) is 24.9 Å². The molecule has 2 N–H and O–H groups in total. The van der Waals surface area contributed by atoms with Crippen molar-refractivity contribution >= 4 is 33.4 Å². The number of carbonyl (C=O) groups is 1. The van der Waals surface area contributed by atoms with Gasteiger partial charge in [-0.25, -0.2) is 4.79 Å². The summed E-state index contributed by atoms with van der Waals surface area (Å²) in [6.45, 7) is 7.41. The Hall–Kier alpha value is -1.47. The molecule has 1 saturated heterocycles. The van der Waals surface area contributed by atoms with Gasteiger partial charge >= 0.3 is 6.09 Å². The minimum absolute atomic E-state index is 0.105. The van der Waals surface area contributed by atoms with Crippen LogP contribution in [0.25, 0.3) is 0 Å². The molecule has 0 aromatic heterocycles. The van der Waals surface area contributed by atoms with Gasteiger partial charge in [0.2, 0.25) is 0 Å². The Morgan fingerprint density at radius 1 is 1.41 bits per heavy atom. The first kappa shape index (κ1) is 20.3. The summed E-state index contributed by atoms with van der Waals surface area (Å²) >= 11 is 3.53. The van der Waals surface area contributed by atoms with Gasteiger partial charge in [0.1, 0.15) is 11.8 Å². The van der Waals surface area contributed by atoms with E-state index in [9.17, 15) is 9.90 Å². The van der Waals surface area contributed by atoms with Gasteiger partial charge in [0.25, 0.3) is 0 Å². The Kier molecular flexibility index (Phi) is 6.21. The van der Waals surface area contributed by atoms with Crippen LogP contribution in [-0.2, 0) is 4.74 Å². The number of benzene rings is 1. The number of aliphatic hydroxyl groups is 1. The summed E-state index contributed by atoms with van der Waals surface area (Å²) in [7, 11) is 0. The highest BCUT2D eigenvalue weighted by atomic mass is 79.9. The number of aliphatic hydroxyl groups excluding tert-OH is 1. The fourth-order valence-electron chi connectivity index (χ4n) is 3.90. The number of hydrogen-bond donors (Lipinski definition) is 2. The van der Waals surface area contributed by atoms with E-state index in [4.69, 9.17) is 4.74 Å². The van der Waals surface area contributed by atoms with Crippen molar-refractivity contribution in [1.29, 1.82) is 0 Å². The summed E-state index contributed by atoms with van der Waals surface area (Å²) in [5.74, 6) is 0. The molecule has 1 fully saturated rings. The average Bonchev–Trinajstić information content (AvgIpc) is 3.15. The van der Waals surface area contributed by atoms with Gasteiger partial charge < -0.3 is 25.0 Å². The van der Waals surface area contributed by atoms with Gasteiger partial charge in [0.15, 0.2) is 0 Å². The molecule has 150 valence electrons.